The molecule has 0 atom stereocenters. The van der Waals surface area contributed by atoms with Crippen LogP contribution in [0, 0.1) is 6.92 Å². The largest absolute Gasteiger partial charge is 0.381 e. The number of hydrogen-bond acceptors (Lipinski definition) is 5. The van der Waals surface area contributed by atoms with Crippen LogP contribution in [0.15, 0.2) is 53.7 Å². The topological polar surface area (TPSA) is 101 Å². The van der Waals surface area contributed by atoms with Gasteiger partial charge in [-0.1, -0.05) is 26.0 Å². The second-order valence-electron chi connectivity index (χ2n) is 7.33. The van der Waals surface area contributed by atoms with Gasteiger partial charge in [0, 0.05) is 55.7 Å². The van der Waals surface area contributed by atoms with Gasteiger partial charge < -0.3 is 15.0 Å². The summed E-state index contributed by atoms with van der Waals surface area (Å²) in [5.41, 5.74) is 3.22. The van der Waals surface area contributed by atoms with Crippen molar-refractivity contribution in [2.45, 2.75) is 57.2 Å². The van der Waals surface area contributed by atoms with E-state index in [0.717, 1.165) is 11.1 Å². The van der Waals surface area contributed by atoms with Crippen LogP contribution in [0.1, 0.15) is 44.9 Å². The van der Waals surface area contributed by atoms with Gasteiger partial charge in [-0.3, -0.25) is 9.78 Å². The van der Waals surface area contributed by atoms with Crippen LogP contribution in [0.3, 0.4) is 0 Å². The number of aryl methyl sites for hydroxylation is 1. The first-order valence-electron chi connectivity index (χ1n) is 10.9. The molecule has 1 amide bonds. The third-order valence-electron chi connectivity index (χ3n) is 4.96. The van der Waals surface area contributed by atoms with Gasteiger partial charge in [-0.25, -0.2) is 8.42 Å². The standard InChI is InChI=1S/C14H19NO4S.C8H8N2.C2H6/c1-11(16)15-10-12-2-4-13(5-3-12)20(17,18)14-6-8-19-9-7-14;1-6-4-7-5-9-3-2-8(7)10-6;1-2/h2-5,14H,6-10H2,1H3,(H,15,16);2-5,10H,1H3;1-2H3. The molecule has 2 N–H and O–H groups in total. The van der Waals surface area contributed by atoms with E-state index in [1.165, 1.54) is 18.0 Å². The summed E-state index contributed by atoms with van der Waals surface area (Å²) >= 11 is 0. The monoisotopic (exact) mass is 459 g/mol. The second kappa shape index (κ2) is 12.4. The lowest BCUT2D eigenvalue weighted by Gasteiger charge is -2.22. The molecule has 3 heterocycles. The number of aromatic nitrogens is 2. The molecule has 1 fully saturated rings. The van der Waals surface area contributed by atoms with E-state index in [4.69, 9.17) is 4.74 Å². The van der Waals surface area contributed by atoms with Crippen LogP contribution in [0.4, 0.5) is 0 Å². The van der Waals surface area contributed by atoms with E-state index in [-0.39, 0.29) is 11.2 Å². The minimum Gasteiger partial charge on any atom is -0.381 e. The van der Waals surface area contributed by atoms with Crippen LogP contribution >= 0.6 is 0 Å². The summed E-state index contributed by atoms with van der Waals surface area (Å²) in [7, 11) is -3.28. The molecular weight excluding hydrogens is 426 g/mol. The summed E-state index contributed by atoms with van der Waals surface area (Å²) in [6.07, 6.45) is 4.75. The highest BCUT2D eigenvalue weighted by Gasteiger charge is 2.29. The highest BCUT2D eigenvalue weighted by molar-refractivity contribution is 7.92. The highest BCUT2D eigenvalue weighted by Crippen LogP contribution is 2.23. The maximum absolute atomic E-state index is 12.4. The molecule has 174 valence electrons. The number of carbonyl (C=O) groups excluding carboxylic acids is 1. The Morgan fingerprint density at radius 3 is 2.41 bits per heavy atom. The smallest absolute Gasteiger partial charge is 0.217 e. The normalized spacial score (nSPS) is 14.0. The first kappa shape index (κ1) is 25.5. The van der Waals surface area contributed by atoms with Crippen molar-refractivity contribution < 1.29 is 17.9 Å². The predicted molar refractivity (Wildman–Crippen MR) is 127 cm³/mol. The third kappa shape index (κ3) is 7.17. The first-order valence-corrected chi connectivity index (χ1v) is 12.5. The molecule has 4 rings (SSSR count). The number of nitrogens with one attached hydrogen (secondary N) is 2. The van der Waals surface area contributed by atoms with Crippen molar-refractivity contribution in [2.75, 3.05) is 13.2 Å². The molecule has 1 aromatic carbocycles. The molecule has 0 saturated carbocycles. The number of fused-ring (bicyclic) bond motifs is 1. The number of carbonyl (C=O) groups is 1. The number of aromatic amines is 1. The zero-order valence-electron chi connectivity index (χ0n) is 19.2. The fraction of sp³-hybridized carbons (Fsp3) is 0.417. The van der Waals surface area contributed by atoms with Crippen LogP contribution in [-0.4, -0.2) is 42.8 Å². The molecule has 1 saturated heterocycles. The molecule has 3 aromatic rings. The number of H-pyrrole nitrogens is 1. The van der Waals surface area contributed by atoms with Gasteiger partial charge >= 0.3 is 0 Å². The minimum absolute atomic E-state index is 0.107. The average Bonchev–Trinajstić information content (AvgIpc) is 3.20. The van der Waals surface area contributed by atoms with Gasteiger partial charge in [-0.15, -0.1) is 0 Å². The van der Waals surface area contributed by atoms with Crippen LogP contribution in [-0.2, 0) is 25.9 Å². The van der Waals surface area contributed by atoms with Crippen molar-refractivity contribution in [3.8, 4) is 0 Å². The Morgan fingerprint density at radius 1 is 1.16 bits per heavy atom. The Balaban J connectivity index is 0.000000251. The number of benzene rings is 1. The average molecular weight is 460 g/mol. The number of rotatable bonds is 4. The van der Waals surface area contributed by atoms with Gasteiger partial charge in [-0.2, -0.15) is 0 Å². The lowest BCUT2D eigenvalue weighted by Crippen LogP contribution is -2.29. The van der Waals surface area contributed by atoms with Crippen molar-refractivity contribution in [1.29, 1.82) is 0 Å². The Kier molecular flexibility index (Phi) is 9.87. The summed E-state index contributed by atoms with van der Waals surface area (Å²) in [5.74, 6) is -0.107. The maximum Gasteiger partial charge on any atom is 0.217 e. The zero-order valence-corrected chi connectivity index (χ0v) is 20.0. The van der Waals surface area contributed by atoms with Crippen LogP contribution < -0.4 is 5.32 Å². The van der Waals surface area contributed by atoms with Crippen molar-refractivity contribution in [2.24, 2.45) is 0 Å². The summed E-state index contributed by atoms with van der Waals surface area (Å²) in [5, 5.41) is 3.51. The van der Waals surface area contributed by atoms with E-state index in [2.05, 4.69) is 21.4 Å². The second-order valence-corrected chi connectivity index (χ2v) is 9.55. The van der Waals surface area contributed by atoms with Gasteiger partial charge in [0.2, 0.25) is 5.91 Å². The van der Waals surface area contributed by atoms with Gasteiger partial charge in [0.05, 0.1) is 10.1 Å². The van der Waals surface area contributed by atoms with Crippen molar-refractivity contribution in [3.63, 3.8) is 0 Å². The van der Waals surface area contributed by atoms with E-state index >= 15 is 0 Å². The molecule has 0 spiro atoms. The van der Waals surface area contributed by atoms with Crippen molar-refractivity contribution >= 4 is 26.6 Å². The molecule has 1 aliphatic rings. The summed E-state index contributed by atoms with van der Waals surface area (Å²) in [4.78, 5) is 18.4. The summed E-state index contributed by atoms with van der Waals surface area (Å²) in [6, 6.07) is 10.8. The molecule has 0 radical (unpaired) electrons. The Labute approximate surface area is 190 Å². The predicted octanol–water partition coefficient (Wildman–Crippen LogP) is 4.17. The fourth-order valence-electron chi connectivity index (χ4n) is 3.32. The summed E-state index contributed by atoms with van der Waals surface area (Å²) in [6.45, 7) is 8.91. The van der Waals surface area contributed by atoms with Gasteiger partial charge in [-0.05, 0) is 49.6 Å². The SMILES string of the molecule is CC.CC(=O)NCc1ccc(S(=O)(=O)C2CCOCC2)cc1.Cc1cc2cnccc2[nH]1. The third-order valence-corrected chi connectivity index (χ3v) is 7.23. The number of amides is 1. The minimum atomic E-state index is -3.28. The Hall–Kier alpha value is -2.71. The van der Waals surface area contributed by atoms with Gasteiger partial charge in [0.1, 0.15) is 0 Å². The van der Waals surface area contributed by atoms with E-state index in [0.29, 0.717) is 37.5 Å². The molecule has 0 bridgehead atoms. The Morgan fingerprint density at radius 2 is 1.81 bits per heavy atom. The molecule has 8 heteroatoms. The number of sulfone groups is 1. The van der Waals surface area contributed by atoms with Crippen LogP contribution in [0.2, 0.25) is 0 Å². The number of ether oxygens (including phenoxy) is 1. The maximum atomic E-state index is 12.4. The first-order chi connectivity index (χ1) is 15.4. The zero-order chi connectivity index (χ0) is 23.6. The lowest BCUT2D eigenvalue weighted by molar-refractivity contribution is -0.119. The van der Waals surface area contributed by atoms with Gasteiger partial charge in [0.25, 0.3) is 0 Å². The number of pyridine rings is 1. The lowest BCUT2D eigenvalue weighted by atomic mass is 10.2. The van der Waals surface area contributed by atoms with Crippen molar-refractivity contribution in [3.05, 3.63) is 60.0 Å². The van der Waals surface area contributed by atoms with E-state index in [1.807, 2.05) is 33.0 Å². The van der Waals surface area contributed by atoms with E-state index < -0.39 is 9.84 Å². The van der Waals surface area contributed by atoms with Gasteiger partial charge in [0.15, 0.2) is 9.84 Å². The van der Waals surface area contributed by atoms with E-state index in [9.17, 15) is 13.2 Å². The van der Waals surface area contributed by atoms with Crippen LogP contribution in [0.25, 0.3) is 10.9 Å². The molecule has 2 aromatic heterocycles. The quantitative estimate of drug-likeness (QED) is 0.610. The Bertz CT molecular complexity index is 1050. The number of nitrogens with zero attached hydrogens (tertiary/aromatic N) is 1. The van der Waals surface area contributed by atoms with Crippen LogP contribution in [0.5, 0.6) is 0 Å². The molecule has 0 unspecified atom stereocenters. The molecular formula is C24H33N3O4S. The molecule has 7 nitrogen and oxygen atoms in total. The molecule has 1 aliphatic heterocycles. The van der Waals surface area contributed by atoms with Crippen molar-refractivity contribution in [1.82, 2.24) is 15.3 Å². The molecule has 32 heavy (non-hydrogen) atoms. The highest BCUT2D eigenvalue weighted by atomic mass is 32.2. The molecule has 0 aliphatic carbocycles. The fourth-order valence-corrected chi connectivity index (χ4v) is 5.03. The van der Waals surface area contributed by atoms with E-state index in [1.54, 1.807) is 30.5 Å². The number of hydrogen-bond donors (Lipinski definition) is 2. The summed E-state index contributed by atoms with van der Waals surface area (Å²) < 4.78 is 30.1.